The molecule has 1 unspecified atom stereocenters. The maximum absolute atomic E-state index is 13.6. The molecule has 0 N–H and O–H groups in total. The lowest BCUT2D eigenvalue weighted by Crippen LogP contribution is -2.45. The van der Waals surface area contributed by atoms with E-state index in [-0.39, 0.29) is 47.4 Å². The summed E-state index contributed by atoms with van der Waals surface area (Å²) >= 11 is 0. The highest BCUT2D eigenvalue weighted by atomic mass is 16.7. The molecule has 8 heteroatoms. The van der Waals surface area contributed by atoms with Gasteiger partial charge in [0, 0.05) is 18.7 Å². The second-order valence-corrected chi connectivity index (χ2v) is 11.2. The number of nitrogens with zero attached hydrogens (tertiary/aromatic N) is 2. The summed E-state index contributed by atoms with van der Waals surface area (Å²) in [4.78, 5) is 32.5. The summed E-state index contributed by atoms with van der Waals surface area (Å²) in [6.07, 6.45) is 3.50. The third-order valence-electron chi connectivity index (χ3n) is 8.45. The molecule has 0 saturated carbocycles. The van der Waals surface area contributed by atoms with Crippen LogP contribution in [-0.4, -0.2) is 60.5 Å². The van der Waals surface area contributed by atoms with Crippen LogP contribution in [0.4, 0.5) is 5.69 Å². The lowest BCUT2D eigenvalue weighted by atomic mass is 9.78. The Morgan fingerprint density at radius 2 is 1.91 bits per heavy atom. The number of amides is 1. The highest BCUT2D eigenvalue weighted by molar-refractivity contribution is 6.62. The lowest BCUT2D eigenvalue weighted by Gasteiger charge is -2.32. The third-order valence-corrected chi connectivity index (χ3v) is 8.45. The van der Waals surface area contributed by atoms with Gasteiger partial charge in [0.15, 0.2) is 0 Å². The Morgan fingerprint density at radius 1 is 1.23 bits per heavy atom. The second kappa shape index (κ2) is 9.70. The Kier molecular flexibility index (Phi) is 7.17. The fourth-order valence-electron chi connectivity index (χ4n) is 5.23. The number of hydrogen-bond acceptors (Lipinski definition) is 6. The summed E-state index contributed by atoms with van der Waals surface area (Å²) in [6, 6.07) is 6.16. The molecule has 3 atom stereocenters. The maximum Gasteiger partial charge on any atom is 0.494 e. The van der Waals surface area contributed by atoms with Crippen LogP contribution in [0.1, 0.15) is 72.8 Å². The Hall–Kier alpha value is -2.19. The van der Waals surface area contributed by atoms with E-state index >= 15 is 0 Å². The summed E-state index contributed by atoms with van der Waals surface area (Å²) in [5.74, 6) is -0.551. The molecule has 35 heavy (non-hydrogen) atoms. The minimum Gasteiger partial charge on any atom is -0.469 e. The smallest absolute Gasteiger partial charge is 0.469 e. The molecule has 3 aliphatic rings. The monoisotopic (exact) mass is 482 g/mol. The highest BCUT2D eigenvalue weighted by Gasteiger charge is 2.52. The van der Waals surface area contributed by atoms with Crippen LogP contribution >= 0.6 is 0 Å². The predicted molar refractivity (Wildman–Crippen MR) is 137 cm³/mol. The van der Waals surface area contributed by atoms with Crippen molar-refractivity contribution in [1.82, 2.24) is 4.90 Å². The molecule has 0 bridgehead atoms. The van der Waals surface area contributed by atoms with Crippen LogP contribution in [0.15, 0.2) is 23.2 Å². The largest absolute Gasteiger partial charge is 0.494 e. The van der Waals surface area contributed by atoms with Gasteiger partial charge in [0.25, 0.3) is 0 Å². The summed E-state index contributed by atoms with van der Waals surface area (Å²) in [5, 5.41) is 0. The average Bonchev–Trinajstić information content (AvgIpc) is 3.51. The highest BCUT2D eigenvalue weighted by Crippen LogP contribution is 2.38. The van der Waals surface area contributed by atoms with Gasteiger partial charge in [-0.15, -0.1) is 0 Å². The van der Waals surface area contributed by atoms with Crippen LogP contribution in [-0.2, 0) is 30.1 Å². The van der Waals surface area contributed by atoms with Crippen molar-refractivity contribution in [3.05, 3.63) is 23.8 Å². The summed E-state index contributed by atoms with van der Waals surface area (Å²) < 4.78 is 17.4. The number of fused-ring (bicyclic) bond motifs is 1. The van der Waals surface area contributed by atoms with Crippen molar-refractivity contribution in [3.8, 4) is 0 Å². The molecule has 190 valence electrons. The minimum atomic E-state index is -0.409. The molecule has 1 aromatic carbocycles. The zero-order valence-corrected chi connectivity index (χ0v) is 22.2. The molecule has 1 aromatic rings. The van der Waals surface area contributed by atoms with E-state index < -0.39 is 7.12 Å². The standard InChI is InChI=1S/C27H39BN2O5/c1-8-17(2)20(16-24(31)33-7)25(32)30-13-9-10-23(30)22-15-18-14-19(11-12-21(18)29-22)28-34-26(3,4)27(5,6)35-28/h11-12,14,17,20,23H,8-10,13,15-16H2,1-7H3/t17?,20-,23-/m0/s1. The van der Waals surface area contributed by atoms with Crippen molar-refractivity contribution in [2.24, 2.45) is 16.8 Å². The first-order chi connectivity index (χ1) is 16.5. The lowest BCUT2D eigenvalue weighted by molar-refractivity contribution is -0.148. The predicted octanol–water partition coefficient (Wildman–Crippen LogP) is 3.83. The third kappa shape index (κ3) is 4.92. The maximum atomic E-state index is 13.6. The second-order valence-electron chi connectivity index (χ2n) is 11.2. The van der Waals surface area contributed by atoms with Gasteiger partial charge in [-0.1, -0.05) is 32.4 Å². The average molecular weight is 482 g/mol. The van der Waals surface area contributed by atoms with E-state index in [0.29, 0.717) is 13.0 Å². The molecule has 0 aliphatic carbocycles. The molecule has 3 heterocycles. The number of ether oxygens (including phenoxy) is 1. The molecule has 0 radical (unpaired) electrons. The van der Waals surface area contributed by atoms with Gasteiger partial charge < -0.3 is 18.9 Å². The summed E-state index contributed by atoms with van der Waals surface area (Å²) in [5.41, 5.74) is 3.33. The Bertz CT molecular complexity index is 1000. The van der Waals surface area contributed by atoms with E-state index in [1.807, 2.05) is 24.0 Å². The Labute approximate surface area is 209 Å². The Morgan fingerprint density at radius 3 is 2.54 bits per heavy atom. The van der Waals surface area contributed by atoms with E-state index in [9.17, 15) is 9.59 Å². The van der Waals surface area contributed by atoms with Gasteiger partial charge >= 0.3 is 13.1 Å². The number of benzene rings is 1. The van der Waals surface area contributed by atoms with Crippen LogP contribution in [0.3, 0.4) is 0 Å². The number of carbonyl (C=O) groups is 2. The molecule has 2 saturated heterocycles. The molecular formula is C27H39BN2O5. The minimum absolute atomic E-state index is 0.0283. The Balaban J connectivity index is 1.50. The number of hydrogen-bond donors (Lipinski definition) is 0. The number of esters is 1. The molecule has 2 fully saturated rings. The number of aliphatic imine (C=N–C) groups is 1. The van der Waals surface area contributed by atoms with E-state index in [2.05, 4.69) is 40.7 Å². The van der Waals surface area contributed by atoms with E-state index in [4.69, 9.17) is 19.0 Å². The zero-order valence-electron chi connectivity index (χ0n) is 22.2. The van der Waals surface area contributed by atoms with Crippen molar-refractivity contribution in [1.29, 1.82) is 0 Å². The van der Waals surface area contributed by atoms with Crippen molar-refractivity contribution in [3.63, 3.8) is 0 Å². The quantitative estimate of drug-likeness (QED) is 0.436. The van der Waals surface area contributed by atoms with E-state index in [1.54, 1.807) is 0 Å². The summed E-state index contributed by atoms with van der Waals surface area (Å²) in [7, 11) is 0.968. The molecule has 3 aliphatic heterocycles. The molecule has 4 rings (SSSR count). The van der Waals surface area contributed by atoms with Crippen LogP contribution in [0.5, 0.6) is 0 Å². The van der Waals surface area contributed by atoms with Gasteiger partial charge in [-0.05, 0) is 63.5 Å². The first-order valence-corrected chi connectivity index (χ1v) is 12.9. The number of carbonyl (C=O) groups excluding carboxylic acids is 2. The molecule has 0 aromatic heterocycles. The van der Waals surface area contributed by atoms with Crippen molar-refractivity contribution in [2.75, 3.05) is 13.7 Å². The SMILES string of the molecule is CCC(C)[C@H](CC(=O)OC)C(=O)N1CCC[C@H]1C1=Nc2ccc(B3OC(C)(C)C(C)(C)O3)cc2C1. The van der Waals surface area contributed by atoms with E-state index in [1.165, 1.54) is 7.11 Å². The number of likely N-dealkylation sites (tertiary alicyclic amines) is 1. The first-order valence-electron chi connectivity index (χ1n) is 12.9. The molecule has 1 amide bonds. The van der Waals surface area contributed by atoms with Crippen molar-refractivity contribution in [2.45, 2.75) is 90.9 Å². The fraction of sp³-hybridized carbons (Fsp3) is 0.667. The van der Waals surface area contributed by atoms with Crippen LogP contribution in [0.25, 0.3) is 0 Å². The van der Waals surface area contributed by atoms with Crippen molar-refractivity contribution < 1.29 is 23.6 Å². The van der Waals surface area contributed by atoms with Gasteiger partial charge in [0.2, 0.25) is 5.91 Å². The molecular weight excluding hydrogens is 443 g/mol. The summed E-state index contributed by atoms with van der Waals surface area (Å²) in [6.45, 7) is 13.0. The van der Waals surface area contributed by atoms with E-state index in [0.717, 1.165) is 41.7 Å². The van der Waals surface area contributed by atoms with Crippen LogP contribution in [0.2, 0.25) is 0 Å². The number of methoxy groups -OCH3 is 1. The van der Waals surface area contributed by atoms with Crippen LogP contribution in [0, 0.1) is 11.8 Å². The van der Waals surface area contributed by atoms with Gasteiger partial charge in [0.05, 0.1) is 42.4 Å². The van der Waals surface area contributed by atoms with Gasteiger partial charge in [-0.25, -0.2) is 0 Å². The van der Waals surface area contributed by atoms with Gasteiger partial charge in [0.1, 0.15) is 0 Å². The van der Waals surface area contributed by atoms with Gasteiger partial charge in [-0.2, -0.15) is 0 Å². The zero-order chi connectivity index (χ0) is 25.5. The topological polar surface area (TPSA) is 77.4 Å². The molecule has 7 nitrogen and oxygen atoms in total. The molecule has 0 spiro atoms. The first kappa shape index (κ1) is 25.9. The van der Waals surface area contributed by atoms with Gasteiger partial charge in [-0.3, -0.25) is 14.6 Å². The number of rotatable bonds is 7. The van der Waals surface area contributed by atoms with Crippen molar-refractivity contribution >= 4 is 35.9 Å². The van der Waals surface area contributed by atoms with Crippen LogP contribution < -0.4 is 5.46 Å². The normalized spacial score (nSPS) is 24.2. The fourth-order valence-corrected chi connectivity index (χ4v) is 5.23.